The van der Waals surface area contributed by atoms with Crippen LogP contribution in [-0.4, -0.2) is 19.1 Å². The minimum Gasteiger partial charge on any atom is -0.371 e. The highest BCUT2D eigenvalue weighted by atomic mass is 35.5. The molecule has 1 aliphatic carbocycles. The molecule has 0 radical (unpaired) electrons. The van der Waals surface area contributed by atoms with Crippen LogP contribution in [0.4, 0.5) is 5.69 Å². The molecule has 0 heterocycles. The van der Waals surface area contributed by atoms with E-state index in [9.17, 15) is 0 Å². The lowest BCUT2D eigenvalue weighted by molar-refractivity contribution is 0.321. The molecule has 2 rings (SSSR count). The van der Waals surface area contributed by atoms with Crippen LogP contribution in [0.1, 0.15) is 52.0 Å². The predicted octanol–water partition coefficient (Wildman–Crippen LogP) is 4.85. The van der Waals surface area contributed by atoms with Gasteiger partial charge in [-0.15, -0.1) is 0 Å². The molecule has 0 aliphatic heterocycles. The van der Waals surface area contributed by atoms with Crippen LogP contribution in [0.2, 0.25) is 5.02 Å². The van der Waals surface area contributed by atoms with E-state index >= 15 is 0 Å². The number of hydrogen-bond donors (Lipinski definition) is 1. The normalized spacial score (nSPS) is 22.6. The highest BCUT2D eigenvalue weighted by molar-refractivity contribution is 6.31. The van der Waals surface area contributed by atoms with Gasteiger partial charge in [-0.25, -0.2) is 0 Å². The van der Waals surface area contributed by atoms with Gasteiger partial charge in [-0.2, -0.15) is 0 Å². The molecule has 1 N–H and O–H groups in total. The Morgan fingerprint density at radius 2 is 2.00 bits per heavy atom. The second kappa shape index (κ2) is 7.51. The molecule has 1 aromatic rings. The summed E-state index contributed by atoms with van der Waals surface area (Å²) in [5, 5.41) is 4.29. The van der Waals surface area contributed by atoms with Gasteiger partial charge in [0.05, 0.1) is 0 Å². The number of nitrogens with zero attached hydrogens (tertiary/aromatic N) is 1. The molecule has 1 saturated carbocycles. The van der Waals surface area contributed by atoms with Gasteiger partial charge >= 0.3 is 0 Å². The molecule has 0 amide bonds. The lowest BCUT2D eigenvalue weighted by atomic mass is 9.85. The lowest BCUT2D eigenvalue weighted by Crippen LogP contribution is -2.39. The molecule has 2 nitrogen and oxygen atoms in total. The zero-order valence-electron chi connectivity index (χ0n) is 13.8. The fourth-order valence-corrected chi connectivity index (χ4v) is 3.52. The largest absolute Gasteiger partial charge is 0.371 e. The van der Waals surface area contributed by atoms with Crippen molar-refractivity contribution in [3.05, 3.63) is 28.8 Å². The van der Waals surface area contributed by atoms with Crippen molar-refractivity contribution in [2.75, 3.05) is 11.9 Å². The van der Waals surface area contributed by atoms with Gasteiger partial charge < -0.3 is 10.2 Å². The SMILES string of the molecule is CC(C)NCc1ccc(N(C)C2CCCCC2C)cc1Cl. The zero-order valence-corrected chi connectivity index (χ0v) is 14.6. The van der Waals surface area contributed by atoms with Crippen LogP contribution in [0.5, 0.6) is 0 Å². The number of rotatable bonds is 5. The van der Waals surface area contributed by atoms with Gasteiger partial charge in [0.2, 0.25) is 0 Å². The highest BCUT2D eigenvalue weighted by Crippen LogP contribution is 2.32. The summed E-state index contributed by atoms with van der Waals surface area (Å²) in [5.74, 6) is 0.768. The Morgan fingerprint density at radius 1 is 1.29 bits per heavy atom. The topological polar surface area (TPSA) is 15.3 Å². The Bertz CT molecular complexity index is 459. The van der Waals surface area contributed by atoms with E-state index < -0.39 is 0 Å². The molecular formula is C18H29ClN2. The molecule has 0 saturated heterocycles. The second-order valence-electron chi connectivity index (χ2n) is 6.75. The summed E-state index contributed by atoms with van der Waals surface area (Å²) in [4.78, 5) is 2.43. The van der Waals surface area contributed by atoms with E-state index in [2.05, 4.69) is 56.2 Å². The molecular weight excluding hydrogens is 280 g/mol. The van der Waals surface area contributed by atoms with Crippen LogP contribution < -0.4 is 10.2 Å². The van der Waals surface area contributed by atoms with Crippen molar-refractivity contribution in [3.63, 3.8) is 0 Å². The van der Waals surface area contributed by atoms with Crippen LogP contribution in [0, 0.1) is 5.92 Å². The molecule has 3 heteroatoms. The second-order valence-corrected chi connectivity index (χ2v) is 7.16. The number of halogens is 1. The Kier molecular flexibility index (Phi) is 5.95. The first kappa shape index (κ1) is 16.6. The van der Waals surface area contributed by atoms with Crippen molar-refractivity contribution in [1.82, 2.24) is 5.32 Å². The average molecular weight is 309 g/mol. The van der Waals surface area contributed by atoms with Gasteiger partial charge in [0, 0.05) is 36.4 Å². The first-order valence-corrected chi connectivity index (χ1v) is 8.61. The minimum absolute atomic E-state index is 0.478. The monoisotopic (exact) mass is 308 g/mol. The summed E-state index contributed by atoms with van der Waals surface area (Å²) in [6.45, 7) is 7.52. The summed E-state index contributed by atoms with van der Waals surface area (Å²) in [5.41, 5.74) is 2.42. The molecule has 1 aliphatic rings. The number of hydrogen-bond acceptors (Lipinski definition) is 2. The molecule has 0 bridgehead atoms. The van der Waals surface area contributed by atoms with Gasteiger partial charge in [-0.05, 0) is 36.5 Å². The van der Waals surface area contributed by atoms with E-state index in [1.54, 1.807) is 0 Å². The molecule has 2 atom stereocenters. The molecule has 21 heavy (non-hydrogen) atoms. The first-order chi connectivity index (χ1) is 9.99. The highest BCUT2D eigenvalue weighted by Gasteiger charge is 2.25. The van der Waals surface area contributed by atoms with E-state index in [0.717, 1.165) is 17.5 Å². The first-order valence-electron chi connectivity index (χ1n) is 8.23. The Hall–Kier alpha value is -0.730. The van der Waals surface area contributed by atoms with Crippen LogP contribution in [0.3, 0.4) is 0 Å². The number of anilines is 1. The maximum atomic E-state index is 6.47. The smallest absolute Gasteiger partial charge is 0.0471 e. The Morgan fingerprint density at radius 3 is 2.62 bits per heavy atom. The lowest BCUT2D eigenvalue weighted by Gasteiger charge is -2.38. The van der Waals surface area contributed by atoms with E-state index in [4.69, 9.17) is 11.6 Å². The molecule has 1 aromatic carbocycles. The van der Waals surface area contributed by atoms with Crippen molar-refractivity contribution >= 4 is 17.3 Å². The van der Waals surface area contributed by atoms with Gasteiger partial charge in [0.1, 0.15) is 0 Å². The Labute approximate surface area is 134 Å². The van der Waals surface area contributed by atoms with Crippen molar-refractivity contribution < 1.29 is 0 Å². The van der Waals surface area contributed by atoms with E-state index in [0.29, 0.717) is 12.1 Å². The van der Waals surface area contributed by atoms with Crippen molar-refractivity contribution in [2.45, 2.75) is 65.1 Å². The van der Waals surface area contributed by atoms with Crippen LogP contribution >= 0.6 is 11.6 Å². The maximum absolute atomic E-state index is 6.47. The van der Waals surface area contributed by atoms with Crippen molar-refractivity contribution in [3.8, 4) is 0 Å². The zero-order chi connectivity index (χ0) is 15.4. The fourth-order valence-electron chi connectivity index (χ4n) is 3.28. The van der Waals surface area contributed by atoms with Crippen LogP contribution in [0.15, 0.2) is 18.2 Å². The van der Waals surface area contributed by atoms with E-state index in [1.165, 1.54) is 36.9 Å². The van der Waals surface area contributed by atoms with Crippen molar-refractivity contribution in [2.24, 2.45) is 5.92 Å². The van der Waals surface area contributed by atoms with Gasteiger partial charge in [-0.1, -0.05) is 51.3 Å². The van der Waals surface area contributed by atoms with E-state index in [1.807, 2.05) is 0 Å². The van der Waals surface area contributed by atoms with Gasteiger partial charge in [-0.3, -0.25) is 0 Å². The molecule has 0 aromatic heterocycles. The molecule has 2 unspecified atom stereocenters. The standard InChI is InChI=1S/C18H29ClN2/c1-13(2)20-12-15-9-10-16(11-17(15)19)21(4)18-8-6-5-7-14(18)3/h9-11,13-14,18,20H,5-8,12H2,1-4H3. The number of nitrogens with one attached hydrogen (secondary N) is 1. The van der Waals surface area contributed by atoms with Crippen LogP contribution in [0.25, 0.3) is 0 Å². The maximum Gasteiger partial charge on any atom is 0.0471 e. The Balaban J connectivity index is 2.07. The third-order valence-corrected chi connectivity index (χ3v) is 5.06. The summed E-state index contributed by atoms with van der Waals surface area (Å²) in [6.07, 6.45) is 5.38. The summed E-state index contributed by atoms with van der Waals surface area (Å²) in [6, 6.07) is 7.63. The molecule has 118 valence electrons. The molecule has 0 spiro atoms. The minimum atomic E-state index is 0.478. The predicted molar refractivity (Wildman–Crippen MR) is 93.3 cm³/mol. The average Bonchev–Trinajstić information content (AvgIpc) is 2.45. The quantitative estimate of drug-likeness (QED) is 0.836. The van der Waals surface area contributed by atoms with Gasteiger partial charge in [0.25, 0.3) is 0 Å². The fraction of sp³-hybridized carbons (Fsp3) is 0.667. The third kappa shape index (κ3) is 4.37. The summed E-state index contributed by atoms with van der Waals surface area (Å²) in [7, 11) is 2.21. The number of benzene rings is 1. The summed E-state index contributed by atoms with van der Waals surface area (Å²) >= 11 is 6.47. The summed E-state index contributed by atoms with van der Waals surface area (Å²) < 4.78 is 0. The van der Waals surface area contributed by atoms with Crippen molar-refractivity contribution in [1.29, 1.82) is 0 Å². The third-order valence-electron chi connectivity index (χ3n) is 4.71. The van der Waals surface area contributed by atoms with Gasteiger partial charge in [0.15, 0.2) is 0 Å². The van der Waals surface area contributed by atoms with Crippen LogP contribution in [-0.2, 0) is 6.54 Å². The molecule has 1 fully saturated rings. The van der Waals surface area contributed by atoms with E-state index in [-0.39, 0.29) is 0 Å².